The number of rotatable bonds is 1. The zero-order valence-electron chi connectivity index (χ0n) is 8.38. The Balaban J connectivity index is 0.000000653. The molecule has 0 radical (unpaired) electrons. The maximum absolute atomic E-state index is 3.67. The van der Waals surface area contributed by atoms with Crippen molar-refractivity contribution in [3.05, 3.63) is 0 Å². The summed E-state index contributed by atoms with van der Waals surface area (Å²) in [6, 6.07) is 0. The Hall–Kier alpha value is 0.250. The summed E-state index contributed by atoms with van der Waals surface area (Å²) in [6.45, 7) is 0. The van der Waals surface area contributed by atoms with Crippen LogP contribution in [0, 0.1) is 17.8 Å². The van der Waals surface area contributed by atoms with E-state index >= 15 is 0 Å². The summed E-state index contributed by atoms with van der Waals surface area (Å²) in [5.41, 5.74) is 0.614. The van der Waals surface area contributed by atoms with Crippen LogP contribution in [0.25, 0.3) is 0 Å². The van der Waals surface area contributed by atoms with Gasteiger partial charge in [0.05, 0.1) is 0 Å². The standard InChI is InChI=1S/C11H19N.ClH/c1-12-11-6-2-3-10(11)8-4-5-9(11)7-8;/h8-10,12H,2-7H2,1H3;1H/t8-,9-,10-,11-;/m1./s1. The van der Waals surface area contributed by atoms with E-state index in [0.717, 1.165) is 17.8 Å². The predicted octanol–water partition coefficient (Wildman–Crippen LogP) is 2.60. The molecule has 0 saturated heterocycles. The van der Waals surface area contributed by atoms with E-state index < -0.39 is 0 Å². The largest absolute Gasteiger partial charge is 0.314 e. The molecule has 0 aromatic heterocycles. The van der Waals surface area contributed by atoms with Gasteiger partial charge < -0.3 is 5.32 Å². The van der Waals surface area contributed by atoms with E-state index in [0.29, 0.717) is 5.54 Å². The van der Waals surface area contributed by atoms with Crippen molar-refractivity contribution in [1.29, 1.82) is 0 Å². The fraction of sp³-hybridized carbons (Fsp3) is 1.00. The molecule has 3 rings (SSSR count). The molecule has 4 atom stereocenters. The first-order chi connectivity index (χ1) is 5.87. The van der Waals surface area contributed by atoms with Gasteiger partial charge in [-0.1, -0.05) is 6.42 Å². The van der Waals surface area contributed by atoms with Gasteiger partial charge in [0.15, 0.2) is 0 Å². The van der Waals surface area contributed by atoms with Crippen LogP contribution in [-0.4, -0.2) is 12.6 Å². The maximum atomic E-state index is 3.67. The topological polar surface area (TPSA) is 12.0 Å². The molecule has 76 valence electrons. The van der Waals surface area contributed by atoms with E-state index in [-0.39, 0.29) is 12.4 Å². The van der Waals surface area contributed by atoms with Crippen LogP contribution < -0.4 is 5.32 Å². The molecule has 0 aromatic rings. The number of nitrogens with one attached hydrogen (secondary N) is 1. The molecule has 3 saturated carbocycles. The van der Waals surface area contributed by atoms with Crippen molar-refractivity contribution in [2.75, 3.05) is 7.05 Å². The third-order valence-corrected chi connectivity index (χ3v) is 5.00. The van der Waals surface area contributed by atoms with Crippen molar-refractivity contribution in [3.8, 4) is 0 Å². The highest BCUT2D eigenvalue weighted by Crippen LogP contribution is 2.60. The molecule has 0 unspecified atom stereocenters. The number of fused-ring (bicyclic) bond motifs is 5. The Morgan fingerprint density at radius 2 is 2.08 bits per heavy atom. The summed E-state index contributed by atoms with van der Waals surface area (Å²) in [5.74, 6) is 3.20. The molecule has 0 aliphatic heterocycles. The van der Waals surface area contributed by atoms with Gasteiger partial charge in [-0.3, -0.25) is 0 Å². The van der Waals surface area contributed by atoms with Crippen LogP contribution >= 0.6 is 12.4 Å². The molecule has 1 nitrogen and oxygen atoms in total. The third kappa shape index (κ3) is 1.04. The first kappa shape index (κ1) is 9.79. The molecule has 2 bridgehead atoms. The summed E-state index contributed by atoms with van der Waals surface area (Å²) < 4.78 is 0. The van der Waals surface area contributed by atoms with Crippen molar-refractivity contribution in [3.63, 3.8) is 0 Å². The van der Waals surface area contributed by atoms with Crippen molar-refractivity contribution in [1.82, 2.24) is 5.32 Å². The monoisotopic (exact) mass is 201 g/mol. The molecule has 0 spiro atoms. The summed E-state index contributed by atoms with van der Waals surface area (Å²) in [5, 5.41) is 3.67. The highest BCUT2D eigenvalue weighted by molar-refractivity contribution is 5.85. The molecule has 0 aromatic carbocycles. The van der Waals surface area contributed by atoms with Gasteiger partial charge in [0.2, 0.25) is 0 Å². The first-order valence-electron chi connectivity index (χ1n) is 5.56. The lowest BCUT2D eigenvalue weighted by molar-refractivity contribution is 0.170. The Morgan fingerprint density at radius 1 is 1.23 bits per heavy atom. The molecule has 0 amide bonds. The molecular formula is C11H20ClN. The molecule has 3 aliphatic carbocycles. The summed E-state index contributed by atoms with van der Waals surface area (Å²) >= 11 is 0. The minimum Gasteiger partial charge on any atom is -0.314 e. The van der Waals surface area contributed by atoms with Gasteiger partial charge in [-0.25, -0.2) is 0 Å². The van der Waals surface area contributed by atoms with Gasteiger partial charge in [-0.2, -0.15) is 0 Å². The van der Waals surface area contributed by atoms with Crippen LogP contribution in [-0.2, 0) is 0 Å². The minimum absolute atomic E-state index is 0. The SMILES string of the molecule is CN[C@@]12CCC[C@@H]1[C@@H]1CC[C@@H]2C1.Cl. The van der Waals surface area contributed by atoms with E-state index in [1.165, 1.54) is 25.7 Å². The predicted molar refractivity (Wildman–Crippen MR) is 57.2 cm³/mol. The second-order valence-electron chi connectivity index (χ2n) is 5.06. The quantitative estimate of drug-likeness (QED) is 0.688. The third-order valence-electron chi connectivity index (χ3n) is 5.00. The minimum atomic E-state index is 0. The zero-order valence-corrected chi connectivity index (χ0v) is 9.20. The van der Waals surface area contributed by atoms with Crippen molar-refractivity contribution >= 4 is 12.4 Å². The van der Waals surface area contributed by atoms with E-state index in [2.05, 4.69) is 12.4 Å². The van der Waals surface area contributed by atoms with Gasteiger partial charge in [0, 0.05) is 5.54 Å². The maximum Gasteiger partial charge on any atom is 0.0237 e. The molecule has 3 fully saturated rings. The summed E-state index contributed by atoms with van der Waals surface area (Å²) in [4.78, 5) is 0. The van der Waals surface area contributed by atoms with Crippen molar-refractivity contribution in [2.45, 2.75) is 44.1 Å². The fourth-order valence-electron chi connectivity index (χ4n) is 4.58. The molecule has 2 heteroatoms. The van der Waals surface area contributed by atoms with E-state index in [9.17, 15) is 0 Å². The van der Waals surface area contributed by atoms with Gasteiger partial charge in [-0.05, 0) is 56.9 Å². The van der Waals surface area contributed by atoms with Crippen LogP contribution in [0.15, 0.2) is 0 Å². The van der Waals surface area contributed by atoms with Crippen LogP contribution in [0.4, 0.5) is 0 Å². The van der Waals surface area contributed by atoms with Gasteiger partial charge in [0.1, 0.15) is 0 Å². The smallest absolute Gasteiger partial charge is 0.0237 e. The average molecular weight is 202 g/mol. The normalized spacial score (nSPS) is 51.9. The van der Waals surface area contributed by atoms with Gasteiger partial charge in [-0.15, -0.1) is 12.4 Å². The van der Waals surface area contributed by atoms with Crippen molar-refractivity contribution < 1.29 is 0 Å². The molecule has 3 aliphatic rings. The highest BCUT2D eigenvalue weighted by atomic mass is 35.5. The van der Waals surface area contributed by atoms with Crippen LogP contribution in [0.3, 0.4) is 0 Å². The van der Waals surface area contributed by atoms with E-state index in [1.807, 2.05) is 0 Å². The van der Waals surface area contributed by atoms with Gasteiger partial charge in [0.25, 0.3) is 0 Å². The van der Waals surface area contributed by atoms with Gasteiger partial charge >= 0.3 is 0 Å². The second-order valence-corrected chi connectivity index (χ2v) is 5.06. The molecular weight excluding hydrogens is 182 g/mol. The van der Waals surface area contributed by atoms with E-state index in [4.69, 9.17) is 0 Å². The average Bonchev–Trinajstić information content (AvgIpc) is 2.76. The number of hydrogen-bond acceptors (Lipinski definition) is 1. The van der Waals surface area contributed by atoms with Crippen LogP contribution in [0.5, 0.6) is 0 Å². The first-order valence-corrected chi connectivity index (χ1v) is 5.56. The lowest BCUT2D eigenvalue weighted by atomic mass is 9.75. The zero-order chi connectivity index (χ0) is 8.18. The lowest BCUT2D eigenvalue weighted by Crippen LogP contribution is -2.50. The van der Waals surface area contributed by atoms with Crippen molar-refractivity contribution in [2.24, 2.45) is 17.8 Å². The summed E-state index contributed by atoms with van der Waals surface area (Å²) in [6.07, 6.45) is 9.07. The summed E-state index contributed by atoms with van der Waals surface area (Å²) in [7, 11) is 2.19. The number of halogens is 1. The molecule has 1 N–H and O–H groups in total. The fourth-order valence-corrected chi connectivity index (χ4v) is 4.58. The van der Waals surface area contributed by atoms with E-state index in [1.54, 1.807) is 12.8 Å². The Morgan fingerprint density at radius 3 is 2.77 bits per heavy atom. The highest BCUT2D eigenvalue weighted by Gasteiger charge is 2.58. The Kier molecular flexibility index (Phi) is 2.36. The molecule has 0 heterocycles. The Bertz CT molecular complexity index is 206. The lowest BCUT2D eigenvalue weighted by Gasteiger charge is -2.39. The molecule has 13 heavy (non-hydrogen) atoms. The Labute approximate surface area is 87.1 Å². The van der Waals surface area contributed by atoms with Crippen LogP contribution in [0.2, 0.25) is 0 Å². The number of hydrogen-bond donors (Lipinski definition) is 1. The second kappa shape index (κ2) is 3.13. The van der Waals surface area contributed by atoms with Crippen LogP contribution in [0.1, 0.15) is 38.5 Å².